The second-order valence-corrected chi connectivity index (χ2v) is 8.13. The highest BCUT2D eigenvalue weighted by molar-refractivity contribution is 6.21. The van der Waals surface area contributed by atoms with E-state index < -0.39 is 52.3 Å². The fourth-order valence-corrected chi connectivity index (χ4v) is 4.09. The molecule has 2 rings (SSSR count). The number of nitrogens with one attached hydrogen (secondary N) is 1. The van der Waals surface area contributed by atoms with Crippen LogP contribution < -0.4 is 5.32 Å². The number of hydrogen-bond acceptors (Lipinski definition) is 3. The van der Waals surface area contributed by atoms with Gasteiger partial charge in [0.1, 0.15) is 0 Å². The highest BCUT2D eigenvalue weighted by atomic mass is 35.5. The first kappa shape index (κ1) is 20.2. The summed E-state index contributed by atoms with van der Waals surface area (Å²) >= 11 is 5.77. The molecule has 0 bridgehead atoms. The fraction of sp³-hybridized carbons (Fsp3) is 0.824. The van der Waals surface area contributed by atoms with Crippen molar-refractivity contribution in [3.8, 4) is 0 Å². The number of hydrogen-bond donors (Lipinski definition) is 1. The van der Waals surface area contributed by atoms with Gasteiger partial charge in [0, 0.05) is 24.3 Å². The molecule has 0 aromatic carbocycles. The van der Waals surface area contributed by atoms with Gasteiger partial charge in [-0.1, -0.05) is 13.8 Å². The standard InChI is InChI=1S/C17H23ClF3NO3/c1-3-16(2)7-12(23)14(13(24)8-16)15(25)22-9-4-5-11(18)10(6-9)17(19,20)21/h9-11,14H,3-8H2,1-2H3,(H,22,25). The summed E-state index contributed by atoms with van der Waals surface area (Å²) < 4.78 is 39.0. The molecular weight excluding hydrogens is 359 g/mol. The van der Waals surface area contributed by atoms with E-state index in [4.69, 9.17) is 11.6 Å². The van der Waals surface area contributed by atoms with E-state index in [1.165, 1.54) is 0 Å². The summed E-state index contributed by atoms with van der Waals surface area (Å²) in [4.78, 5) is 36.9. The fourth-order valence-electron chi connectivity index (χ4n) is 3.72. The Morgan fingerprint density at radius 2 is 1.80 bits per heavy atom. The molecule has 0 aliphatic heterocycles. The van der Waals surface area contributed by atoms with Crippen molar-refractivity contribution < 1.29 is 27.6 Å². The van der Waals surface area contributed by atoms with E-state index in [-0.39, 0.29) is 25.7 Å². The van der Waals surface area contributed by atoms with E-state index >= 15 is 0 Å². The summed E-state index contributed by atoms with van der Waals surface area (Å²) in [7, 11) is 0. The summed E-state index contributed by atoms with van der Waals surface area (Å²) in [5, 5.41) is 1.46. The Morgan fingerprint density at radius 1 is 1.24 bits per heavy atom. The summed E-state index contributed by atoms with van der Waals surface area (Å²) in [6, 6.07) is -0.728. The second-order valence-electron chi connectivity index (χ2n) is 7.57. The lowest BCUT2D eigenvalue weighted by molar-refractivity contribution is -0.183. The van der Waals surface area contributed by atoms with Crippen LogP contribution >= 0.6 is 11.6 Å². The Hall–Kier alpha value is -1.11. The predicted molar refractivity (Wildman–Crippen MR) is 86.1 cm³/mol. The van der Waals surface area contributed by atoms with Gasteiger partial charge in [0.15, 0.2) is 17.5 Å². The van der Waals surface area contributed by atoms with Crippen LogP contribution in [-0.2, 0) is 14.4 Å². The van der Waals surface area contributed by atoms with E-state index in [1.807, 2.05) is 13.8 Å². The molecule has 0 spiro atoms. The Labute approximate surface area is 149 Å². The van der Waals surface area contributed by atoms with Crippen LogP contribution in [0.4, 0.5) is 13.2 Å². The molecule has 0 aromatic rings. The summed E-state index contributed by atoms with van der Waals surface area (Å²) in [6.45, 7) is 3.70. The Balaban J connectivity index is 2.02. The molecule has 8 heteroatoms. The molecule has 4 nitrogen and oxygen atoms in total. The average Bonchev–Trinajstić information content (AvgIpc) is 2.47. The van der Waals surface area contributed by atoms with Crippen molar-refractivity contribution in [2.75, 3.05) is 0 Å². The van der Waals surface area contributed by atoms with Gasteiger partial charge in [-0.05, 0) is 31.1 Å². The summed E-state index contributed by atoms with van der Waals surface area (Å²) in [6.07, 6.45) is -3.43. The average molecular weight is 382 g/mol. The van der Waals surface area contributed by atoms with Crippen molar-refractivity contribution in [2.45, 2.75) is 70.0 Å². The normalized spacial score (nSPS) is 37.0. The van der Waals surface area contributed by atoms with Gasteiger partial charge in [0.05, 0.1) is 5.92 Å². The van der Waals surface area contributed by atoms with Crippen LogP contribution in [0.25, 0.3) is 0 Å². The maximum absolute atomic E-state index is 13.0. The predicted octanol–water partition coefficient (Wildman–Crippen LogP) is 3.41. The Kier molecular flexibility index (Phi) is 5.86. The van der Waals surface area contributed by atoms with Crippen LogP contribution in [0.15, 0.2) is 0 Å². The van der Waals surface area contributed by atoms with Gasteiger partial charge in [0.25, 0.3) is 0 Å². The molecule has 0 aromatic heterocycles. The molecule has 1 amide bonds. The zero-order valence-corrected chi connectivity index (χ0v) is 15.0. The number of alkyl halides is 4. The minimum absolute atomic E-state index is 0.122. The summed E-state index contributed by atoms with van der Waals surface area (Å²) in [5.41, 5.74) is -0.441. The lowest BCUT2D eigenvalue weighted by Crippen LogP contribution is -2.51. The number of carbonyl (C=O) groups is 3. The van der Waals surface area contributed by atoms with Gasteiger partial charge < -0.3 is 5.32 Å². The second kappa shape index (κ2) is 7.25. The van der Waals surface area contributed by atoms with Crippen LogP contribution in [0.3, 0.4) is 0 Å². The number of halogens is 4. The van der Waals surface area contributed by atoms with Gasteiger partial charge in [0.2, 0.25) is 5.91 Å². The van der Waals surface area contributed by atoms with Crippen molar-refractivity contribution in [2.24, 2.45) is 17.3 Å². The van der Waals surface area contributed by atoms with Gasteiger partial charge in [-0.2, -0.15) is 13.2 Å². The molecule has 3 unspecified atom stereocenters. The van der Waals surface area contributed by atoms with Crippen molar-refractivity contribution in [3.63, 3.8) is 0 Å². The lowest BCUT2D eigenvalue weighted by Gasteiger charge is -2.36. The van der Waals surface area contributed by atoms with Crippen LogP contribution in [0, 0.1) is 17.3 Å². The molecule has 2 aliphatic carbocycles. The Morgan fingerprint density at radius 3 is 2.28 bits per heavy atom. The third kappa shape index (κ3) is 4.54. The highest BCUT2D eigenvalue weighted by Gasteiger charge is 2.49. The van der Waals surface area contributed by atoms with E-state index in [0.29, 0.717) is 12.8 Å². The molecule has 2 fully saturated rings. The van der Waals surface area contributed by atoms with E-state index in [0.717, 1.165) is 0 Å². The minimum atomic E-state index is -4.44. The third-order valence-corrected chi connectivity index (χ3v) is 6.02. The molecule has 3 atom stereocenters. The van der Waals surface area contributed by atoms with E-state index in [9.17, 15) is 27.6 Å². The molecular formula is C17H23ClF3NO3. The number of Topliss-reactive ketones (excluding diaryl/α,β-unsaturated/α-hetero) is 2. The van der Waals surface area contributed by atoms with Gasteiger partial charge >= 0.3 is 6.18 Å². The highest BCUT2D eigenvalue weighted by Crippen LogP contribution is 2.41. The van der Waals surface area contributed by atoms with Crippen molar-refractivity contribution >= 4 is 29.1 Å². The van der Waals surface area contributed by atoms with Crippen molar-refractivity contribution in [1.82, 2.24) is 5.32 Å². The van der Waals surface area contributed by atoms with Crippen molar-refractivity contribution in [3.05, 3.63) is 0 Å². The first-order chi connectivity index (χ1) is 11.5. The molecule has 0 saturated heterocycles. The van der Waals surface area contributed by atoms with Crippen molar-refractivity contribution in [1.29, 1.82) is 0 Å². The van der Waals surface area contributed by atoms with Crippen LogP contribution in [-0.4, -0.2) is 35.1 Å². The van der Waals surface area contributed by atoms with Gasteiger partial charge in [-0.3, -0.25) is 14.4 Å². The SMILES string of the molecule is CCC1(C)CC(=O)C(C(=O)NC2CCC(Cl)C(C(F)(F)F)C2)C(=O)C1. The smallest absolute Gasteiger partial charge is 0.352 e. The minimum Gasteiger partial charge on any atom is -0.352 e. The molecule has 2 aliphatic rings. The van der Waals surface area contributed by atoms with Crippen LogP contribution in [0.5, 0.6) is 0 Å². The third-order valence-electron chi connectivity index (χ3n) is 5.49. The lowest BCUT2D eigenvalue weighted by atomic mass is 9.68. The quantitative estimate of drug-likeness (QED) is 0.602. The molecule has 2 saturated carbocycles. The maximum atomic E-state index is 13.0. The topological polar surface area (TPSA) is 63.2 Å². The molecule has 0 radical (unpaired) electrons. The van der Waals surface area contributed by atoms with E-state index in [1.54, 1.807) is 0 Å². The Bertz CT molecular complexity index is 546. The number of ketones is 2. The van der Waals surface area contributed by atoms with Gasteiger partial charge in [-0.25, -0.2) is 0 Å². The zero-order chi connectivity index (χ0) is 19.0. The molecule has 25 heavy (non-hydrogen) atoms. The number of amides is 1. The zero-order valence-electron chi connectivity index (χ0n) is 14.3. The van der Waals surface area contributed by atoms with Gasteiger partial charge in [-0.15, -0.1) is 11.6 Å². The monoisotopic (exact) mass is 381 g/mol. The molecule has 0 heterocycles. The number of rotatable bonds is 3. The van der Waals surface area contributed by atoms with Crippen LogP contribution in [0.1, 0.15) is 52.4 Å². The van der Waals surface area contributed by atoms with E-state index in [2.05, 4.69) is 5.32 Å². The molecule has 142 valence electrons. The maximum Gasteiger partial charge on any atom is 0.393 e. The summed E-state index contributed by atoms with van der Waals surface area (Å²) in [5.74, 6) is -4.76. The van der Waals surface area contributed by atoms with Crippen LogP contribution in [0.2, 0.25) is 0 Å². The molecule has 1 N–H and O–H groups in total. The first-order valence-electron chi connectivity index (χ1n) is 8.53. The number of carbonyl (C=O) groups excluding carboxylic acids is 3. The largest absolute Gasteiger partial charge is 0.393 e. The first-order valence-corrected chi connectivity index (χ1v) is 8.97.